The summed E-state index contributed by atoms with van der Waals surface area (Å²) >= 11 is 1.89. The quantitative estimate of drug-likeness (QED) is 0.805. The molecule has 0 amide bonds. The molecule has 22 heavy (non-hydrogen) atoms. The minimum atomic E-state index is 0.387. The Morgan fingerprint density at radius 2 is 2.18 bits per heavy atom. The third-order valence-corrected chi connectivity index (χ3v) is 5.52. The maximum absolute atomic E-state index is 4.23. The van der Waals surface area contributed by atoms with Crippen LogP contribution in [0.5, 0.6) is 0 Å². The zero-order valence-electron chi connectivity index (χ0n) is 13.5. The van der Waals surface area contributed by atoms with Crippen molar-refractivity contribution in [3.05, 3.63) is 52.0 Å². The maximum Gasteiger partial charge on any atom is 0.0335 e. The largest absolute Gasteiger partial charge is 0.299 e. The highest BCUT2D eigenvalue weighted by molar-refractivity contribution is 7.10. The molecule has 1 aliphatic rings. The van der Waals surface area contributed by atoms with Crippen molar-refractivity contribution in [1.29, 1.82) is 0 Å². The van der Waals surface area contributed by atoms with Gasteiger partial charge in [-0.15, -0.1) is 11.3 Å². The van der Waals surface area contributed by atoms with Crippen molar-refractivity contribution >= 4 is 11.3 Å². The van der Waals surface area contributed by atoms with Gasteiger partial charge in [0.05, 0.1) is 0 Å². The molecule has 1 aliphatic heterocycles. The van der Waals surface area contributed by atoms with Crippen LogP contribution in [0.25, 0.3) is 0 Å². The second-order valence-corrected chi connectivity index (χ2v) is 7.28. The average Bonchev–Trinajstić information content (AvgIpc) is 3.20. The maximum atomic E-state index is 4.23. The molecule has 118 valence electrons. The number of likely N-dealkylation sites (tertiary alicyclic amines) is 1. The molecular weight excluding hydrogens is 290 g/mol. The summed E-state index contributed by atoms with van der Waals surface area (Å²) in [6.07, 6.45) is 6.53. The molecule has 2 aromatic heterocycles. The van der Waals surface area contributed by atoms with Gasteiger partial charge in [0.1, 0.15) is 0 Å². The summed E-state index contributed by atoms with van der Waals surface area (Å²) in [7, 11) is 2.19. The van der Waals surface area contributed by atoms with Crippen LogP contribution >= 0.6 is 11.3 Å². The Bertz CT molecular complexity index is 575. The van der Waals surface area contributed by atoms with Crippen LogP contribution in [0.15, 0.2) is 36.0 Å². The molecule has 0 radical (unpaired) electrons. The highest BCUT2D eigenvalue weighted by atomic mass is 32.1. The van der Waals surface area contributed by atoms with E-state index in [4.69, 9.17) is 0 Å². The highest BCUT2D eigenvalue weighted by Gasteiger charge is 2.15. The first-order valence-corrected chi connectivity index (χ1v) is 8.99. The fourth-order valence-corrected chi connectivity index (χ4v) is 3.99. The van der Waals surface area contributed by atoms with Gasteiger partial charge in [-0.2, -0.15) is 0 Å². The normalized spacial score (nSPS) is 17.2. The molecule has 3 heterocycles. The minimum Gasteiger partial charge on any atom is -0.299 e. The van der Waals surface area contributed by atoms with Gasteiger partial charge in [0.2, 0.25) is 0 Å². The summed E-state index contributed by atoms with van der Waals surface area (Å²) in [5.41, 5.74) is 2.75. The van der Waals surface area contributed by atoms with E-state index in [2.05, 4.69) is 46.3 Å². The van der Waals surface area contributed by atoms with Gasteiger partial charge in [0.15, 0.2) is 0 Å². The van der Waals surface area contributed by atoms with Crippen molar-refractivity contribution < 1.29 is 0 Å². The molecule has 0 saturated carbocycles. The first kappa shape index (κ1) is 15.7. The monoisotopic (exact) mass is 315 g/mol. The van der Waals surface area contributed by atoms with Crippen molar-refractivity contribution in [1.82, 2.24) is 14.8 Å². The Kier molecular flexibility index (Phi) is 5.24. The lowest BCUT2D eigenvalue weighted by atomic mass is 10.1. The predicted octanol–water partition coefficient (Wildman–Crippen LogP) is 3.93. The summed E-state index contributed by atoms with van der Waals surface area (Å²) in [6.45, 7) is 6.90. The van der Waals surface area contributed by atoms with Crippen molar-refractivity contribution in [2.75, 3.05) is 20.1 Å². The van der Waals surface area contributed by atoms with E-state index in [1.54, 1.807) is 0 Å². The lowest BCUT2D eigenvalue weighted by molar-refractivity contribution is 0.255. The molecule has 0 aliphatic carbocycles. The fourth-order valence-electron chi connectivity index (χ4n) is 3.05. The number of aromatic nitrogens is 1. The van der Waals surface area contributed by atoms with E-state index in [0.717, 1.165) is 13.1 Å². The van der Waals surface area contributed by atoms with E-state index in [-0.39, 0.29) is 0 Å². The zero-order valence-corrected chi connectivity index (χ0v) is 14.4. The van der Waals surface area contributed by atoms with E-state index < -0.39 is 0 Å². The number of rotatable bonds is 6. The van der Waals surface area contributed by atoms with E-state index in [1.807, 2.05) is 29.8 Å². The minimum absolute atomic E-state index is 0.387. The second-order valence-electron chi connectivity index (χ2n) is 6.28. The molecule has 2 aromatic rings. The van der Waals surface area contributed by atoms with Gasteiger partial charge >= 0.3 is 0 Å². The Morgan fingerprint density at radius 1 is 1.36 bits per heavy atom. The zero-order chi connectivity index (χ0) is 15.4. The Morgan fingerprint density at radius 3 is 2.91 bits per heavy atom. The lowest BCUT2D eigenvalue weighted by Gasteiger charge is -2.24. The average molecular weight is 315 g/mol. The van der Waals surface area contributed by atoms with Crippen LogP contribution in [0, 0.1) is 0 Å². The summed E-state index contributed by atoms with van der Waals surface area (Å²) in [5.74, 6) is 0. The van der Waals surface area contributed by atoms with Crippen LogP contribution in [0.3, 0.4) is 0 Å². The topological polar surface area (TPSA) is 19.4 Å². The molecule has 0 aromatic carbocycles. The van der Waals surface area contributed by atoms with Crippen LogP contribution in [0.1, 0.15) is 41.8 Å². The lowest BCUT2D eigenvalue weighted by Crippen LogP contribution is -2.21. The summed E-state index contributed by atoms with van der Waals surface area (Å²) < 4.78 is 0. The molecule has 4 heteroatoms. The molecule has 3 nitrogen and oxygen atoms in total. The van der Waals surface area contributed by atoms with Gasteiger partial charge < -0.3 is 0 Å². The van der Waals surface area contributed by atoms with E-state index >= 15 is 0 Å². The van der Waals surface area contributed by atoms with Crippen LogP contribution in [0.2, 0.25) is 0 Å². The summed E-state index contributed by atoms with van der Waals surface area (Å²) in [5, 5.41) is 2.33. The third kappa shape index (κ3) is 3.94. The predicted molar refractivity (Wildman–Crippen MR) is 92.9 cm³/mol. The first-order valence-electron chi connectivity index (χ1n) is 8.11. The van der Waals surface area contributed by atoms with Crippen LogP contribution < -0.4 is 0 Å². The van der Waals surface area contributed by atoms with Crippen molar-refractivity contribution in [2.24, 2.45) is 0 Å². The van der Waals surface area contributed by atoms with Gasteiger partial charge in [-0.1, -0.05) is 6.07 Å². The van der Waals surface area contributed by atoms with Crippen LogP contribution in [-0.4, -0.2) is 34.9 Å². The van der Waals surface area contributed by atoms with E-state index in [9.17, 15) is 0 Å². The van der Waals surface area contributed by atoms with Crippen molar-refractivity contribution in [2.45, 2.75) is 38.9 Å². The SMILES string of the molecule is CC(c1cccnc1)N(C)Cc1cc(CN2CCCC2)cs1. The molecule has 1 unspecified atom stereocenters. The number of nitrogens with zero attached hydrogens (tertiary/aromatic N) is 3. The third-order valence-electron chi connectivity index (χ3n) is 4.55. The second kappa shape index (κ2) is 7.36. The molecular formula is C18H25N3S. The van der Waals surface area contributed by atoms with Crippen LogP contribution in [-0.2, 0) is 13.1 Å². The first-order chi connectivity index (χ1) is 10.7. The summed E-state index contributed by atoms with van der Waals surface area (Å²) in [4.78, 5) is 10.6. The Labute approximate surface area is 137 Å². The highest BCUT2D eigenvalue weighted by Crippen LogP contribution is 2.24. The standard InChI is InChI=1S/C18H25N3S/c1-15(17-6-5-7-19-11-17)20(2)13-18-10-16(14-22-18)12-21-8-3-4-9-21/h5-7,10-11,14-15H,3-4,8-9,12-13H2,1-2H3. The molecule has 0 bridgehead atoms. The van der Waals surface area contributed by atoms with Crippen molar-refractivity contribution in [3.63, 3.8) is 0 Å². The van der Waals surface area contributed by atoms with Gasteiger partial charge in [-0.3, -0.25) is 14.8 Å². The Balaban J connectivity index is 1.57. The molecule has 1 fully saturated rings. The molecule has 0 spiro atoms. The van der Waals surface area contributed by atoms with Crippen LogP contribution in [0.4, 0.5) is 0 Å². The van der Waals surface area contributed by atoms with Gasteiger partial charge in [-0.05, 0) is 68.5 Å². The Hall–Kier alpha value is -1.23. The smallest absolute Gasteiger partial charge is 0.0335 e. The molecule has 3 rings (SSSR count). The summed E-state index contributed by atoms with van der Waals surface area (Å²) in [6, 6.07) is 6.94. The molecule has 1 saturated heterocycles. The molecule has 0 N–H and O–H groups in total. The molecule has 1 atom stereocenters. The number of hydrogen-bond donors (Lipinski definition) is 0. The van der Waals surface area contributed by atoms with Gasteiger partial charge in [0.25, 0.3) is 0 Å². The fraction of sp³-hybridized carbons (Fsp3) is 0.500. The number of hydrogen-bond acceptors (Lipinski definition) is 4. The number of thiophene rings is 1. The van der Waals surface area contributed by atoms with Gasteiger partial charge in [0, 0.05) is 36.4 Å². The van der Waals surface area contributed by atoms with Crippen molar-refractivity contribution in [3.8, 4) is 0 Å². The number of pyridine rings is 1. The van der Waals surface area contributed by atoms with Gasteiger partial charge in [-0.25, -0.2) is 0 Å². The van der Waals surface area contributed by atoms with E-state index in [0.29, 0.717) is 6.04 Å². The van der Waals surface area contributed by atoms with E-state index in [1.165, 1.54) is 41.9 Å².